The molecule has 0 aliphatic rings. The summed E-state index contributed by atoms with van der Waals surface area (Å²) >= 11 is 13.6. The summed E-state index contributed by atoms with van der Waals surface area (Å²) in [6, 6.07) is 12.7. The fourth-order valence-electron chi connectivity index (χ4n) is 2.88. The van der Waals surface area contributed by atoms with Gasteiger partial charge in [-0.2, -0.15) is 0 Å². The molecule has 0 fully saturated rings. The molecule has 1 N–H and O–H groups in total. The summed E-state index contributed by atoms with van der Waals surface area (Å²) in [5.41, 5.74) is 2.44. The fourth-order valence-corrected chi connectivity index (χ4v) is 4.11. The van der Waals surface area contributed by atoms with Crippen molar-refractivity contribution in [3.63, 3.8) is 0 Å². The Hall–Kier alpha value is -2.35. The van der Waals surface area contributed by atoms with Crippen LogP contribution in [0.5, 0.6) is 11.5 Å². The van der Waals surface area contributed by atoms with E-state index in [-0.39, 0.29) is 5.91 Å². The average molecular weight is 481 g/mol. The lowest BCUT2D eigenvalue weighted by atomic mass is 10.1. The van der Waals surface area contributed by atoms with E-state index in [1.54, 1.807) is 32.4 Å². The molecule has 1 heterocycles. The molecule has 0 saturated heterocycles. The van der Waals surface area contributed by atoms with Gasteiger partial charge in [0.1, 0.15) is 11.5 Å². The first kappa shape index (κ1) is 23.3. The number of rotatable bonds is 10. The molecule has 0 aliphatic carbocycles. The highest BCUT2D eigenvalue weighted by molar-refractivity contribution is 7.99. The number of halogens is 2. The number of ether oxygens (including phenoxy) is 2. The number of amides is 1. The van der Waals surface area contributed by atoms with Crippen LogP contribution in [-0.4, -0.2) is 37.6 Å². The van der Waals surface area contributed by atoms with Gasteiger partial charge in [-0.3, -0.25) is 4.79 Å². The number of methoxy groups -OCH3 is 2. The third kappa shape index (κ3) is 6.56. The number of nitrogens with one attached hydrogen (secondary N) is 1. The molecule has 31 heavy (non-hydrogen) atoms. The zero-order valence-electron chi connectivity index (χ0n) is 17.1. The molecule has 6 nitrogen and oxygen atoms in total. The van der Waals surface area contributed by atoms with Crippen molar-refractivity contribution in [3.8, 4) is 22.8 Å². The Balaban J connectivity index is 1.41. The van der Waals surface area contributed by atoms with Crippen LogP contribution in [0, 0.1) is 0 Å². The number of carbonyl (C=O) groups is 1. The second-order valence-corrected chi connectivity index (χ2v) is 8.41. The number of benzene rings is 2. The van der Waals surface area contributed by atoms with E-state index < -0.39 is 0 Å². The summed E-state index contributed by atoms with van der Waals surface area (Å²) in [6.07, 6.45) is 0.698. The van der Waals surface area contributed by atoms with Crippen LogP contribution in [0.15, 0.2) is 47.0 Å². The summed E-state index contributed by atoms with van der Waals surface area (Å²) in [7, 11) is 3.20. The molecule has 1 amide bonds. The fraction of sp³-hybridized carbons (Fsp3) is 0.273. The van der Waals surface area contributed by atoms with Crippen LogP contribution < -0.4 is 14.8 Å². The molecule has 9 heteroatoms. The maximum atomic E-state index is 12.1. The maximum absolute atomic E-state index is 12.1. The van der Waals surface area contributed by atoms with Gasteiger partial charge in [0, 0.05) is 23.2 Å². The number of hydrogen-bond donors (Lipinski definition) is 1. The largest absolute Gasteiger partial charge is 0.493 e. The quantitative estimate of drug-likeness (QED) is 0.426. The van der Waals surface area contributed by atoms with Crippen molar-refractivity contribution < 1.29 is 18.8 Å². The molecular weight excluding hydrogens is 459 g/mol. The van der Waals surface area contributed by atoms with Crippen molar-refractivity contribution in [1.29, 1.82) is 0 Å². The van der Waals surface area contributed by atoms with Crippen molar-refractivity contribution in [1.82, 2.24) is 10.5 Å². The lowest BCUT2D eigenvalue weighted by Crippen LogP contribution is -2.27. The van der Waals surface area contributed by atoms with Crippen LogP contribution >= 0.6 is 35.0 Å². The Kier molecular flexibility index (Phi) is 8.51. The minimum atomic E-state index is -0.0361. The Morgan fingerprint density at radius 2 is 1.90 bits per heavy atom. The van der Waals surface area contributed by atoms with Crippen LogP contribution in [-0.2, 0) is 17.0 Å². The van der Waals surface area contributed by atoms with Crippen molar-refractivity contribution in [2.75, 3.05) is 26.5 Å². The number of thioether (sulfide) groups is 1. The first-order chi connectivity index (χ1) is 15.0. The lowest BCUT2D eigenvalue weighted by molar-refractivity contribution is -0.118. The Morgan fingerprint density at radius 3 is 2.65 bits per heavy atom. The van der Waals surface area contributed by atoms with E-state index in [9.17, 15) is 4.79 Å². The minimum Gasteiger partial charge on any atom is -0.493 e. The van der Waals surface area contributed by atoms with Gasteiger partial charge < -0.3 is 19.3 Å². The second kappa shape index (κ2) is 11.3. The van der Waals surface area contributed by atoms with Crippen molar-refractivity contribution in [2.45, 2.75) is 12.2 Å². The molecule has 0 spiro atoms. The Bertz CT molecular complexity index is 1040. The van der Waals surface area contributed by atoms with E-state index in [0.717, 1.165) is 11.1 Å². The smallest absolute Gasteiger partial charge is 0.230 e. The zero-order valence-corrected chi connectivity index (χ0v) is 19.4. The normalized spacial score (nSPS) is 10.7. The van der Waals surface area contributed by atoms with Gasteiger partial charge in [-0.05, 0) is 42.3 Å². The molecule has 0 atom stereocenters. The van der Waals surface area contributed by atoms with Gasteiger partial charge in [-0.1, -0.05) is 34.4 Å². The highest BCUT2D eigenvalue weighted by atomic mass is 35.5. The zero-order chi connectivity index (χ0) is 22.2. The molecule has 0 radical (unpaired) electrons. The lowest BCUT2D eigenvalue weighted by Gasteiger charge is -2.10. The summed E-state index contributed by atoms with van der Waals surface area (Å²) in [6.45, 7) is 0.538. The van der Waals surface area contributed by atoms with Crippen LogP contribution in [0.1, 0.15) is 11.3 Å². The van der Waals surface area contributed by atoms with Crippen LogP contribution in [0.2, 0.25) is 10.0 Å². The van der Waals surface area contributed by atoms with Crippen molar-refractivity contribution >= 4 is 40.9 Å². The highest BCUT2D eigenvalue weighted by Gasteiger charge is 2.11. The average Bonchev–Trinajstić information content (AvgIpc) is 3.22. The third-order valence-corrected chi connectivity index (χ3v) is 5.93. The molecule has 3 aromatic rings. The Labute approximate surface area is 195 Å². The van der Waals surface area contributed by atoms with Crippen LogP contribution in [0.3, 0.4) is 0 Å². The number of hydrogen-bond acceptors (Lipinski definition) is 6. The van der Waals surface area contributed by atoms with E-state index in [4.69, 9.17) is 37.2 Å². The first-order valence-corrected chi connectivity index (χ1v) is 11.4. The molecule has 0 aliphatic heterocycles. The van der Waals surface area contributed by atoms with Crippen LogP contribution in [0.4, 0.5) is 0 Å². The number of carbonyl (C=O) groups excluding carboxylic acids is 1. The molecule has 0 bridgehead atoms. The molecule has 2 aromatic carbocycles. The van der Waals surface area contributed by atoms with Crippen molar-refractivity contribution in [2.24, 2.45) is 0 Å². The van der Waals surface area contributed by atoms with Gasteiger partial charge in [0.15, 0.2) is 11.5 Å². The molecule has 3 rings (SSSR count). The molecule has 0 unspecified atom stereocenters. The van der Waals surface area contributed by atoms with E-state index in [0.29, 0.717) is 57.5 Å². The summed E-state index contributed by atoms with van der Waals surface area (Å²) in [4.78, 5) is 12.1. The molecule has 164 valence electrons. The van der Waals surface area contributed by atoms with Gasteiger partial charge >= 0.3 is 0 Å². The monoisotopic (exact) mass is 480 g/mol. The topological polar surface area (TPSA) is 73.6 Å². The minimum absolute atomic E-state index is 0.0361. The molecule has 1 aromatic heterocycles. The molecule has 0 saturated carbocycles. The van der Waals surface area contributed by atoms with Gasteiger partial charge in [0.2, 0.25) is 5.91 Å². The summed E-state index contributed by atoms with van der Waals surface area (Å²) in [5.74, 6) is 2.84. The molecular formula is C22H22Cl2N2O4S. The van der Waals surface area contributed by atoms with E-state index in [1.807, 2.05) is 24.3 Å². The summed E-state index contributed by atoms with van der Waals surface area (Å²) < 4.78 is 15.9. The standard InChI is InChI=1S/C22H22Cl2N2O4S/c1-28-20-6-3-14(9-21(20)29-2)7-8-25-22(27)13-31-12-16-11-19(26-30-16)17-5-4-15(23)10-18(17)24/h3-6,9-11H,7-8,12-13H2,1-2H3,(H,25,27). The number of aromatic nitrogens is 1. The predicted molar refractivity (Wildman–Crippen MR) is 124 cm³/mol. The van der Waals surface area contributed by atoms with Gasteiger partial charge in [0.25, 0.3) is 0 Å². The highest BCUT2D eigenvalue weighted by Crippen LogP contribution is 2.30. The summed E-state index contributed by atoms with van der Waals surface area (Å²) in [5, 5.41) is 8.04. The number of nitrogens with zero attached hydrogens (tertiary/aromatic N) is 1. The van der Waals surface area contributed by atoms with Gasteiger partial charge in [-0.15, -0.1) is 11.8 Å². The van der Waals surface area contributed by atoms with Crippen molar-refractivity contribution in [3.05, 3.63) is 63.8 Å². The Morgan fingerprint density at radius 1 is 1.10 bits per heavy atom. The third-order valence-electron chi connectivity index (χ3n) is 4.43. The van der Waals surface area contributed by atoms with E-state index in [2.05, 4.69) is 10.5 Å². The van der Waals surface area contributed by atoms with Gasteiger partial charge in [0.05, 0.1) is 30.7 Å². The van der Waals surface area contributed by atoms with E-state index >= 15 is 0 Å². The maximum Gasteiger partial charge on any atom is 0.230 e. The SMILES string of the molecule is COc1ccc(CCNC(=O)CSCc2cc(-c3ccc(Cl)cc3Cl)no2)cc1OC. The first-order valence-electron chi connectivity index (χ1n) is 9.46. The van der Waals surface area contributed by atoms with Crippen LogP contribution in [0.25, 0.3) is 11.3 Å². The van der Waals surface area contributed by atoms with Gasteiger partial charge in [-0.25, -0.2) is 0 Å². The predicted octanol–water partition coefficient (Wildman–Crippen LogP) is 5.26. The second-order valence-electron chi connectivity index (χ2n) is 6.58. The van der Waals surface area contributed by atoms with E-state index in [1.165, 1.54) is 11.8 Å².